The third-order valence-corrected chi connectivity index (χ3v) is 6.28. The molecule has 29 heavy (non-hydrogen) atoms. The molecule has 0 aliphatic carbocycles. The molecule has 2 N–H and O–H groups in total. The number of aryl methyl sites for hydroxylation is 1. The molecule has 0 radical (unpaired) electrons. The van der Waals surface area contributed by atoms with Crippen LogP contribution in [0.1, 0.15) is 4.88 Å². The van der Waals surface area contributed by atoms with Gasteiger partial charge in [-0.25, -0.2) is 4.79 Å². The smallest absolute Gasteiger partial charge is 0.323 e. The summed E-state index contributed by atoms with van der Waals surface area (Å²) in [6.45, 7) is 1.50. The molecule has 0 unspecified atom stereocenters. The number of nitrogens with zero attached hydrogens (tertiary/aromatic N) is 1. The molecule has 2 aromatic carbocycles. The molecule has 0 aliphatic rings. The normalized spacial score (nSPS) is 10.9. The molecular formula is C21H17N3O3S2. The van der Waals surface area contributed by atoms with Gasteiger partial charge < -0.3 is 5.32 Å². The van der Waals surface area contributed by atoms with Crippen molar-refractivity contribution in [3.05, 3.63) is 86.4 Å². The van der Waals surface area contributed by atoms with Crippen LogP contribution in [-0.2, 0) is 11.3 Å². The summed E-state index contributed by atoms with van der Waals surface area (Å²) in [6, 6.07) is 19.0. The van der Waals surface area contributed by atoms with Crippen molar-refractivity contribution in [2.24, 2.45) is 0 Å². The maximum Gasteiger partial charge on any atom is 0.329 e. The number of hydrogen-bond donors (Lipinski definition) is 2. The monoisotopic (exact) mass is 423 g/mol. The third-order valence-electron chi connectivity index (χ3n) is 4.23. The first-order chi connectivity index (χ1) is 14.0. The summed E-state index contributed by atoms with van der Waals surface area (Å²) in [6.07, 6.45) is 0. The van der Waals surface area contributed by atoms with Crippen molar-refractivity contribution < 1.29 is 4.79 Å². The largest absolute Gasteiger partial charge is 0.329 e. The molecular weight excluding hydrogens is 406 g/mol. The van der Waals surface area contributed by atoms with Crippen molar-refractivity contribution in [3.8, 4) is 0 Å². The maximum atomic E-state index is 12.6. The molecule has 8 heteroatoms. The number of carbonyl (C=O) groups excluding carboxylic acids is 1. The van der Waals surface area contributed by atoms with Gasteiger partial charge in [-0.1, -0.05) is 42.1 Å². The fourth-order valence-corrected chi connectivity index (χ4v) is 4.74. The van der Waals surface area contributed by atoms with Crippen LogP contribution in [0.5, 0.6) is 0 Å². The molecule has 146 valence electrons. The van der Waals surface area contributed by atoms with Crippen LogP contribution in [0, 0.1) is 6.92 Å². The zero-order valence-corrected chi connectivity index (χ0v) is 17.1. The van der Waals surface area contributed by atoms with Gasteiger partial charge in [0.2, 0.25) is 5.91 Å². The number of hydrogen-bond acceptors (Lipinski definition) is 5. The van der Waals surface area contributed by atoms with Gasteiger partial charge in [-0.2, -0.15) is 0 Å². The second-order valence-corrected chi connectivity index (χ2v) is 8.75. The van der Waals surface area contributed by atoms with E-state index in [9.17, 15) is 14.4 Å². The van der Waals surface area contributed by atoms with Crippen LogP contribution in [-0.4, -0.2) is 15.5 Å². The van der Waals surface area contributed by atoms with Crippen LogP contribution in [0.4, 0.5) is 5.69 Å². The Bertz CT molecular complexity index is 1310. The highest BCUT2D eigenvalue weighted by Gasteiger charge is 2.14. The van der Waals surface area contributed by atoms with Gasteiger partial charge in [-0.15, -0.1) is 11.3 Å². The summed E-state index contributed by atoms with van der Waals surface area (Å²) in [5, 5.41) is 3.23. The van der Waals surface area contributed by atoms with Gasteiger partial charge in [-0.3, -0.25) is 19.1 Å². The molecule has 4 aromatic rings. The van der Waals surface area contributed by atoms with Gasteiger partial charge in [0.1, 0.15) is 11.4 Å². The van der Waals surface area contributed by atoms with Gasteiger partial charge in [0.25, 0.3) is 5.56 Å². The average molecular weight is 424 g/mol. The number of para-hydroxylation sites is 1. The van der Waals surface area contributed by atoms with Crippen LogP contribution >= 0.6 is 23.1 Å². The number of anilines is 1. The summed E-state index contributed by atoms with van der Waals surface area (Å²) >= 11 is 2.86. The topological polar surface area (TPSA) is 84.0 Å². The minimum absolute atomic E-state index is 0.358. The number of aromatic nitrogens is 2. The summed E-state index contributed by atoms with van der Waals surface area (Å²) in [4.78, 5) is 43.5. The van der Waals surface area contributed by atoms with E-state index < -0.39 is 17.2 Å². The van der Waals surface area contributed by atoms with E-state index in [1.807, 2.05) is 55.5 Å². The van der Waals surface area contributed by atoms with Crippen LogP contribution in [0.2, 0.25) is 0 Å². The van der Waals surface area contributed by atoms with E-state index in [1.54, 1.807) is 12.1 Å². The van der Waals surface area contributed by atoms with E-state index in [2.05, 4.69) is 10.3 Å². The molecule has 0 saturated heterocycles. The van der Waals surface area contributed by atoms with E-state index in [4.69, 9.17) is 0 Å². The van der Waals surface area contributed by atoms with Crippen molar-refractivity contribution >= 4 is 44.9 Å². The molecule has 4 rings (SSSR count). The lowest BCUT2D eigenvalue weighted by atomic mass is 10.3. The van der Waals surface area contributed by atoms with Crippen molar-refractivity contribution in [3.63, 3.8) is 0 Å². The molecule has 2 heterocycles. The Kier molecular flexibility index (Phi) is 5.37. The minimum Gasteiger partial charge on any atom is -0.323 e. The van der Waals surface area contributed by atoms with Gasteiger partial charge in [0.15, 0.2) is 0 Å². The highest BCUT2D eigenvalue weighted by molar-refractivity contribution is 7.99. The number of aromatic amines is 1. The number of thiophene rings is 1. The Morgan fingerprint density at radius 2 is 1.83 bits per heavy atom. The second-order valence-electron chi connectivity index (χ2n) is 6.38. The predicted molar refractivity (Wildman–Crippen MR) is 117 cm³/mol. The van der Waals surface area contributed by atoms with Crippen LogP contribution < -0.4 is 16.6 Å². The molecule has 0 aliphatic heterocycles. The van der Waals surface area contributed by atoms with Gasteiger partial charge in [0.05, 0.1) is 11.1 Å². The Morgan fingerprint density at radius 3 is 2.62 bits per heavy atom. The van der Waals surface area contributed by atoms with Crippen LogP contribution in [0.15, 0.2) is 80.0 Å². The lowest BCUT2D eigenvalue weighted by Crippen LogP contribution is -2.38. The van der Waals surface area contributed by atoms with Gasteiger partial charge in [-0.05, 0) is 37.3 Å². The molecule has 6 nitrogen and oxygen atoms in total. The predicted octanol–water partition coefficient (Wildman–Crippen LogP) is 3.85. The molecule has 0 atom stereocenters. The number of amides is 1. The van der Waals surface area contributed by atoms with Gasteiger partial charge >= 0.3 is 5.69 Å². The van der Waals surface area contributed by atoms with E-state index in [1.165, 1.54) is 23.1 Å². The fourth-order valence-electron chi connectivity index (χ4n) is 2.92. The Morgan fingerprint density at radius 1 is 1.10 bits per heavy atom. The zero-order chi connectivity index (χ0) is 20.4. The van der Waals surface area contributed by atoms with E-state index in [0.717, 1.165) is 19.2 Å². The number of H-pyrrole nitrogens is 1. The van der Waals surface area contributed by atoms with E-state index in [-0.39, 0.29) is 6.54 Å². The maximum absolute atomic E-state index is 12.6. The molecule has 0 bridgehead atoms. The third kappa shape index (κ3) is 4.18. The second kappa shape index (κ2) is 8.10. The first-order valence-electron chi connectivity index (χ1n) is 8.86. The minimum atomic E-state index is -0.591. The number of carbonyl (C=O) groups is 1. The van der Waals surface area contributed by atoms with Crippen molar-refractivity contribution in [2.45, 2.75) is 23.3 Å². The summed E-state index contributed by atoms with van der Waals surface area (Å²) < 4.78 is 0.927. The Hall–Kier alpha value is -3.10. The van der Waals surface area contributed by atoms with E-state index >= 15 is 0 Å². The SMILES string of the molecule is Cc1cc2c(=O)n(CC(=O)Nc3ccccc3Sc3ccccc3)c(=O)[nH]c2s1. The highest BCUT2D eigenvalue weighted by Crippen LogP contribution is 2.33. The van der Waals surface area contributed by atoms with Crippen LogP contribution in [0.25, 0.3) is 10.2 Å². The zero-order valence-electron chi connectivity index (χ0n) is 15.5. The molecule has 0 saturated carbocycles. The van der Waals surface area contributed by atoms with Crippen LogP contribution in [0.3, 0.4) is 0 Å². The van der Waals surface area contributed by atoms with Crippen molar-refractivity contribution in [2.75, 3.05) is 5.32 Å². The fraction of sp³-hybridized carbons (Fsp3) is 0.0952. The molecule has 0 spiro atoms. The average Bonchev–Trinajstić information content (AvgIpc) is 3.08. The lowest BCUT2D eigenvalue weighted by Gasteiger charge is -2.11. The van der Waals surface area contributed by atoms with E-state index in [0.29, 0.717) is 15.9 Å². The quantitative estimate of drug-likeness (QED) is 0.511. The number of benzene rings is 2. The van der Waals surface area contributed by atoms with Crippen molar-refractivity contribution in [1.29, 1.82) is 0 Å². The number of nitrogens with one attached hydrogen (secondary N) is 2. The summed E-state index contributed by atoms with van der Waals surface area (Å²) in [5.74, 6) is -0.440. The molecule has 2 aromatic heterocycles. The Balaban J connectivity index is 1.58. The Labute approximate surface area is 174 Å². The van der Waals surface area contributed by atoms with Crippen molar-refractivity contribution in [1.82, 2.24) is 9.55 Å². The molecule has 1 amide bonds. The highest BCUT2D eigenvalue weighted by atomic mass is 32.2. The standard InChI is InChI=1S/C21H17N3O3S2/c1-13-11-15-19(28-13)23-21(27)24(20(15)26)12-18(25)22-16-9-5-6-10-17(16)29-14-7-3-2-4-8-14/h2-11H,12H2,1H3,(H,22,25)(H,23,27). The first kappa shape index (κ1) is 19.2. The number of fused-ring (bicyclic) bond motifs is 1. The summed E-state index contributed by atoms with van der Waals surface area (Å²) in [5.41, 5.74) is -0.426. The lowest BCUT2D eigenvalue weighted by molar-refractivity contribution is -0.116. The van der Waals surface area contributed by atoms with Gasteiger partial charge in [0, 0.05) is 14.7 Å². The summed E-state index contributed by atoms with van der Waals surface area (Å²) in [7, 11) is 0. The first-order valence-corrected chi connectivity index (χ1v) is 10.5. The number of rotatable bonds is 5. The molecule has 0 fully saturated rings.